The van der Waals surface area contributed by atoms with E-state index in [4.69, 9.17) is 21.1 Å². The SMILES string of the molecule is O=C1CC/C=C\[C@H]2O[C@]34C=CCN(c5ccc(Cl)cc5)C(=O)[C@H]3N(CCCCCO)C(=O)[C@@H]4[C@H]2C(=O)O[C@H](c2ccccc2)CN1. The number of nitrogens with zero attached hydrogens (tertiary/aromatic N) is 2. The summed E-state index contributed by atoms with van der Waals surface area (Å²) in [6.45, 7) is 0.610. The molecule has 2 N–H and O–H groups in total. The Balaban J connectivity index is 1.40. The number of ether oxygens (including phenoxy) is 2. The van der Waals surface area contributed by atoms with Crippen LogP contribution in [0.1, 0.15) is 43.8 Å². The van der Waals surface area contributed by atoms with E-state index in [1.165, 1.54) is 0 Å². The van der Waals surface area contributed by atoms with Crippen molar-refractivity contribution in [3.05, 3.63) is 89.5 Å². The van der Waals surface area contributed by atoms with Gasteiger partial charge in [0, 0.05) is 36.8 Å². The zero-order valence-corrected chi connectivity index (χ0v) is 26.2. The number of carbonyl (C=O) groups is 4. The Kier molecular flexibility index (Phi) is 9.58. The second-order valence-electron chi connectivity index (χ2n) is 12.1. The van der Waals surface area contributed by atoms with Gasteiger partial charge >= 0.3 is 5.97 Å². The second kappa shape index (κ2) is 13.8. The minimum atomic E-state index is -1.43. The van der Waals surface area contributed by atoms with Gasteiger partial charge in [0.2, 0.25) is 11.8 Å². The van der Waals surface area contributed by atoms with E-state index in [0.717, 1.165) is 0 Å². The smallest absolute Gasteiger partial charge is 0.313 e. The summed E-state index contributed by atoms with van der Waals surface area (Å²) < 4.78 is 12.9. The fraction of sp³-hybridized carbons (Fsp3) is 0.429. The van der Waals surface area contributed by atoms with E-state index in [-0.39, 0.29) is 50.4 Å². The molecule has 0 unspecified atom stereocenters. The third-order valence-corrected chi connectivity index (χ3v) is 9.49. The molecule has 4 aliphatic heterocycles. The highest BCUT2D eigenvalue weighted by Gasteiger charge is 2.71. The van der Waals surface area contributed by atoms with Crippen LogP contribution in [0, 0.1) is 11.8 Å². The number of unbranched alkanes of at least 4 members (excludes halogenated alkanes) is 2. The van der Waals surface area contributed by atoms with E-state index in [0.29, 0.717) is 42.0 Å². The average Bonchev–Trinajstić information content (AvgIpc) is 3.44. The lowest BCUT2D eigenvalue weighted by molar-refractivity contribution is -0.159. The van der Waals surface area contributed by atoms with Gasteiger partial charge in [-0.2, -0.15) is 0 Å². The standard InChI is InChI=1S/C35H38ClN3O7/c36-24-14-16-25(17-15-24)38-20-9-18-35-30(32(42)39(31(35)33(38)43)19-7-2-8-21-40)29-26(46-35)12-5-6-13-28(41)37-22-27(45-34(29)44)23-10-3-1-4-11-23/h1,3-5,9-12,14-18,26-27,29-31,40H,2,6-8,13,19-22H2,(H,37,41)/b12-5-/t26-,27+,29+,30+,31-,35+/m1/s1. The number of hydrogen-bond acceptors (Lipinski definition) is 7. The normalized spacial score (nSPS) is 30.3. The molecule has 2 aromatic rings. The molecular weight excluding hydrogens is 610 g/mol. The molecule has 0 saturated carbocycles. The number of aliphatic hydroxyl groups excluding tert-OH is 1. The molecule has 242 valence electrons. The van der Waals surface area contributed by atoms with Crippen molar-refractivity contribution in [3.63, 3.8) is 0 Å². The monoisotopic (exact) mass is 647 g/mol. The lowest BCUT2D eigenvalue weighted by atomic mass is 9.78. The third-order valence-electron chi connectivity index (χ3n) is 9.24. The van der Waals surface area contributed by atoms with E-state index < -0.39 is 41.7 Å². The topological polar surface area (TPSA) is 125 Å². The average molecular weight is 648 g/mol. The first-order valence-corrected chi connectivity index (χ1v) is 16.2. The maximum Gasteiger partial charge on any atom is 0.313 e. The van der Waals surface area contributed by atoms with E-state index >= 15 is 0 Å². The third kappa shape index (κ3) is 6.09. The second-order valence-corrected chi connectivity index (χ2v) is 12.5. The van der Waals surface area contributed by atoms with Gasteiger partial charge in [-0.3, -0.25) is 19.2 Å². The number of amides is 3. The number of anilines is 1. The van der Waals surface area contributed by atoms with Gasteiger partial charge in [0.1, 0.15) is 23.7 Å². The Hall–Kier alpha value is -3.99. The zero-order valence-electron chi connectivity index (χ0n) is 25.4. The summed E-state index contributed by atoms with van der Waals surface area (Å²) in [5.74, 6) is -3.52. The van der Waals surface area contributed by atoms with Crippen LogP contribution in [0.4, 0.5) is 5.69 Å². The Bertz CT molecular complexity index is 1510. The molecule has 11 heteroatoms. The Morgan fingerprint density at radius 2 is 1.74 bits per heavy atom. The highest BCUT2D eigenvalue weighted by atomic mass is 35.5. The molecule has 0 aliphatic carbocycles. The van der Waals surface area contributed by atoms with E-state index in [1.54, 1.807) is 52.3 Å². The molecule has 6 atom stereocenters. The first kappa shape index (κ1) is 32.0. The minimum absolute atomic E-state index is 0.0318. The van der Waals surface area contributed by atoms with Gasteiger partial charge < -0.3 is 29.7 Å². The minimum Gasteiger partial charge on any atom is -0.455 e. The van der Waals surface area contributed by atoms with Crippen LogP contribution in [-0.2, 0) is 28.7 Å². The zero-order chi connectivity index (χ0) is 32.3. The number of benzene rings is 2. The van der Waals surface area contributed by atoms with Crippen molar-refractivity contribution in [3.8, 4) is 0 Å². The maximum atomic E-state index is 14.6. The number of fused-ring (bicyclic) bond motifs is 2. The Morgan fingerprint density at radius 3 is 2.50 bits per heavy atom. The van der Waals surface area contributed by atoms with E-state index in [1.807, 2.05) is 36.4 Å². The van der Waals surface area contributed by atoms with E-state index in [2.05, 4.69) is 5.32 Å². The summed E-state index contributed by atoms with van der Waals surface area (Å²) in [6.07, 6.45) is 7.91. The summed E-state index contributed by atoms with van der Waals surface area (Å²) in [6, 6.07) is 15.0. The van der Waals surface area contributed by atoms with Crippen molar-refractivity contribution in [1.82, 2.24) is 10.2 Å². The molecule has 4 aliphatic rings. The van der Waals surface area contributed by atoms with Gasteiger partial charge in [0.25, 0.3) is 5.91 Å². The molecule has 1 spiro atoms. The van der Waals surface area contributed by atoms with Crippen LogP contribution in [0.2, 0.25) is 5.02 Å². The highest BCUT2D eigenvalue weighted by Crippen LogP contribution is 2.53. The summed E-state index contributed by atoms with van der Waals surface area (Å²) in [5, 5.41) is 12.7. The fourth-order valence-corrected chi connectivity index (χ4v) is 7.20. The van der Waals surface area contributed by atoms with Crippen molar-refractivity contribution < 1.29 is 33.8 Å². The molecule has 4 heterocycles. The van der Waals surface area contributed by atoms with Crippen molar-refractivity contribution in [2.24, 2.45) is 11.8 Å². The molecule has 0 radical (unpaired) electrons. The molecule has 6 rings (SSSR count). The van der Waals surface area contributed by atoms with Gasteiger partial charge in [0.05, 0.1) is 18.6 Å². The first-order valence-electron chi connectivity index (χ1n) is 15.9. The summed E-state index contributed by atoms with van der Waals surface area (Å²) >= 11 is 6.14. The molecule has 0 aromatic heterocycles. The number of halogens is 1. The fourth-order valence-electron chi connectivity index (χ4n) is 7.07. The molecule has 2 fully saturated rings. The van der Waals surface area contributed by atoms with Crippen molar-refractivity contribution in [1.29, 1.82) is 0 Å². The Labute approximate surface area is 273 Å². The van der Waals surface area contributed by atoms with Crippen molar-refractivity contribution >= 4 is 41.0 Å². The number of aliphatic hydroxyl groups is 1. The van der Waals surface area contributed by atoms with Gasteiger partial charge in [-0.05, 0) is 55.5 Å². The van der Waals surface area contributed by atoms with Crippen LogP contribution >= 0.6 is 11.6 Å². The lowest BCUT2D eigenvalue weighted by Gasteiger charge is -2.35. The van der Waals surface area contributed by atoms with Gasteiger partial charge in [-0.1, -0.05) is 66.2 Å². The van der Waals surface area contributed by atoms with Crippen LogP contribution < -0.4 is 10.2 Å². The molecule has 46 heavy (non-hydrogen) atoms. The van der Waals surface area contributed by atoms with Crippen LogP contribution in [0.5, 0.6) is 0 Å². The number of esters is 1. The number of hydrogen-bond donors (Lipinski definition) is 2. The van der Waals surface area contributed by atoms with Gasteiger partial charge in [-0.15, -0.1) is 0 Å². The molecular formula is C35H38ClN3O7. The summed E-state index contributed by atoms with van der Waals surface area (Å²) in [7, 11) is 0. The first-order chi connectivity index (χ1) is 22.3. The molecule has 0 bridgehead atoms. The van der Waals surface area contributed by atoms with Crippen LogP contribution in [0.15, 0.2) is 78.9 Å². The summed E-state index contributed by atoms with van der Waals surface area (Å²) in [5.41, 5.74) is -0.0984. The van der Waals surface area contributed by atoms with Gasteiger partial charge in [0.15, 0.2) is 0 Å². The number of rotatable bonds is 7. The summed E-state index contributed by atoms with van der Waals surface area (Å²) in [4.78, 5) is 59.0. The molecule has 2 aromatic carbocycles. The number of carbonyl (C=O) groups excluding carboxylic acids is 4. The van der Waals surface area contributed by atoms with Gasteiger partial charge in [-0.25, -0.2) is 0 Å². The molecule has 2 saturated heterocycles. The number of likely N-dealkylation sites (tertiary alicyclic amines) is 1. The molecule has 10 nitrogen and oxygen atoms in total. The quantitative estimate of drug-likeness (QED) is 0.267. The van der Waals surface area contributed by atoms with Crippen LogP contribution in [0.25, 0.3) is 0 Å². The number of allylic oxidation sites excluding steroid dienone is 1. The molecule has 3 amide bonds. The predicted molar refractivity (Wildman–Crippen MR) is 171 cm³/mol. The predicted octanol–water partition coefficient (Wildman–Crippen LogP) is 3.74. The Morgan fingerprint density at radius 1 is 0.957 bits per heavy atom. The van der Waals surface area contributed by atoms with E-state index in [9.17, 15) is 24.3 Å². The maximum absolute atomic E-state index is 14.6. The largest absolute Gasteiger partial charge is 0.455 e. The number of cyclic esters (lactones) is 1. The highest BCUT2D eigenvalue weighted by molar-refractivity contribution is 6.30. The number of nitrogens with one attached hydrogen (secondary N) is 1. The van der Waals surface area contributed by atoms with Crippen LogP contribution in [0.3, 0.4) is 0 Å². The van der Waals surface area contributed by atoms with Crippen LogP contribution in [-0.4, -0.2) is 77.7 Å². The lowest BCUT2D eigenvalue weighted by Crippen LogP contribution is -2.55. The van der Waals surface area contributed by atoms with Crippen molar-refractivity contribution in [2.45, 2.75) is 56.0 Å². The van der Waals surface area contributed by atoms with Crippen molar-refractivity contribution in [2.75, 3.05) is 31.1 Å².